The quantitative estimate of drug-likeness (QED) is 0.539. The number of ether oxygens (including phenoxy) is 1. The van der Waals surface area contributed by atoms with Crippen LogP contribution in [0.5, 0.6) is 0 Å². The molecule has 0 aliphatic heterocycles. The van der Waals surface area contributed by atoms with E-state index in [0.29, 0.717) is 28.0 Å². The number of rotatable bonds is 4. The predicted octanol–water partition coefficient (Wildman–Crippen LogP) is 3.30. The average molecular weight is 343 g/mol. The molecule has 0 saturated heterocycles. The van der Waals surface area contributed by atoms with Crippen LogP contribution in [-0.4, -0.2) is 22.1 Å². The van der Waals surface area contributed by atoms with Crippen molar-refractivity contribution >= 4 is 28.5 Å². The minimum atomic E-state index is -0.492. The molecule has 0 aliphatic rings. The minimum Gasteiger partial charge on any atom is -0.462 e. The summed E-state index contributed by atoms with van der Waals surface area (Å²) >= 11 is 6.01. The molecule has 0 fully saturated rings. The van der Waals surface area contributed by atoms with Crippen molar-refractivity contribution in [3.63, 3.8) is 0 Å². The van der Waals surface area contributed by atoms with Gasteiger partial charge < -0.3 is 4.74 Å². The lowest BCUT2D eigenvalue weighted by Gasteiger charge is -2.15. The van der Waals surface area contributed by atoms with Gasteiger partial charge in [-0.25, -0.2) is 9.78 Å². The highest BCUT2D eigenvalue weighted by molar-refractivity contribution is 6.16. The van der Waals surface area contributed by atoms with Crippen LogP contribution in [0, 0.1) is 0 Å². The second-order valence-electron chi connectivity index (χ2n) is 5.06. The molecule has 0 unspecified atom stereocenters. The van der Waals surface area contributed by atoms with Gasteiger partial charge in [0.05, 0.1) is 34.6 Å². The third-order valence-electron chi connectivity index (χ3n) is 3.60. The van der Waals surface area contributed by atoms with Crippen LogP contribution in [0.15, 0.2) is 53.3 Å². The van der Waals surface area contributed by atoms with Gasteiger partial charge in [0, 0.05) is 0 Å². The van der Waals surface area contributed by atoms with E-state index in [1.165, 1.54) is 4.57 Å². The van der Waals surface area contributed by atoms with Gasteiger partial charge in [0.25, 0.3) is 5.56 Å². The van der Waals surface area contributed by atoms with Crippen LogP contribution in [0.1, 0.15) is 23.1 Å². The van der Waals surface area contributed by atoms with E-state index in [1.54, 1.807) is 49.4 Å². The lowest BCUT2D eigenvalue weighted by Crippen LogP contribution is -2.25. The fraction of sp³-hybridized carbons (Fsp3) is 0.167. The molecular weight excluding hydrogens is 328 g/mol. The van der Waals surface area contributed by atoms with Crippen molar-refractivity contribution in [2.24, 2.45) is 0 Å². The second-order valence-corrected chi connectivity index (χ2v) is 5.32. The van der Waals surface area contributed by atoms with Crippen molar-refractivity contribution < 1.29 is 9.53 Å². The maximum atomic E-state index is 13.0. The second kappa shape index (κ2) is 6.84. The Hall–Kier alpha value is -2.66. The van der Waals surface area contributed by atoms with E-state index in [9.17, 15) is 9.59 Å². The Bertz CT molecular complexity index is 966. The smallest absolute Gasteiger partial charge is 0.340 e. The molecule has 0 atom stereocenters. The summed E-state index contributed by atoms with van der Waals surface area (Å²) in [5.41, 5.74) is 1.01. The fourth-order valence-corrected chi connectivity index (χ4v) is 2.75. The Morgan fingerprint density at radius 2 is 1.88 bits per heavy atom. The number of hydrogen-bond acceptors (Lipinski definition) is 4. The molecule has 0 N–H and O–H groups in total. The largest absolute Gasteiger partial charge is 0.462 e. The maximum Gasteiger partial charge on any atom is 0.340 e. The van der Waals surface area contributed by atoms with Crippen molar-refractivity contribution in [3.8, 4) is 5.69 Å². The number of carbonyl (C=O) groups is 1. The summed E-state index contributed by atoms with van der Waals surface area (Å²) in [4.78, 5) is 29.6. The molecule has 0 radical (unpaired) electrons. The zero-order valence-corrected chi connectivity index (χ0v) is 13.8. The van der Waals surface area contributed by atoms with Crippen LogP contribution in [0.4, 0.5) is 0 Å². The Morgan fingerprint density at radius 1 is 1.17 bits per heavy atom. The molecule has 5 nitrogen and oxygen atoms in total. The topological polar surface area (TPSA) is 61.2 Å². The molecule has 122 valence electrons. The highest BCUT2D eigenvalue weighted by atomic mass is 35.5. The van der Waals surface area contributed by atoms with Crippen LogP contribution in [0.25, 0.3) is 16.6 Å². The lowest BCUT2D eigenvalue weighted by molar-refractivity contribution is 0.0526. The number of para-hydroxylation sites is 2. The Kier molecular flexibility index (Phi) is 4.62. The fourth-order valence-electron chi connectivity index (χ4n) is 2.57. The summed E-state index contributed by atoms with van der Waals surface area (Å²) < 4.78 is 6.46. The molecule has 0 saturated carbocycles. The van der Waals surface area contributed by atoms with Crippen molar-refractivity contribution in [1.29, 1.82) is 0 Å². The molecule has 3 aromatic rings. The first-order valence-corrected chi connectivity index (χ1v) is 8.04. The number of hydrogen-bond donors (Lipinski definition) is 0. The number of halogens is 1. The third kappa shape index (κ3) is 2.78. The van der Waals surface area contributed by atoms with E-state index in [0.717, 1.165) is 0 Å². The number of aromatic nitrogens is 2. The number of alkyl halides is 1. The van der Waals surface area contributed by atoms with Gasteiger partial charge >= 0.3 is 5.97 Å². The molecule has 6 heteroatoms. The van der Waals surface area contributed by atoms with E-state index in [2.05, 4.69) is 4.98 Å². The zero-order valence-electron chi connectivity index (χ0n) is 13.0. The molecule has 3 rings (SSSR count). The van der Waals surface area contributed by atoms with Crippen molar-refractivity contribution in [1.82, 2.24) is 9.55 Å². The first kappa shape index (κ1) is 16.2. The number of benzene rings is 2. The molecule has 0 bridgehead atoms. The summed E-state index contributed by atoms with van der Waals surface area (Å²) in [7, 11) is 0. The van der Waals surface area contributed by atoms with Gasteiger partial charge in [-0.1, -0.05) is 24.3 Å². The van der Waals surface area contributed by atoms with Crippen LogP contribution in [-0.2, 0) is 10.6 Å². The van der Waals surface area contributed by atoms with E-state index in [1.807, 2.05) is 6.07 Å². The normalized spacial score (nSPS) is 10.8. The highest BCUT2D eigenvalue weighted by Gasteiger charge is 2.18. The van der Waals surface area contributed by atoms with E-state index < -0.39 is 5.97 Å². The average Bonchev–Trinajstić information content (AvgIpc) is 2.62. The van der Waals surface area contributed by atoms with Gasteiger partial charge in [0.1, 0.15) is 5.82 Å². The van der Waals surface area contributed by atoms with Gasteiger partial charge in [-0.15, -0.1) is 11.6 Å². The van der Waals surface area contributed by atoms with Gasteiger partial charge in [0.2, 0.25) is 0 Å². The standard InChI is InChI=1S/C18H15ClN2O3/c1-2-24-18(23)13-8-4-6-10-15(13)21-16(11-19)20-14-9-5-3-7-12(14)17(21)22/h3-10H,2,11H2,1H3. The Morgan fingerprint density at radius 3 is 2.62 bits per heavy atom. The SMILES string of the molecule is CCOC(=O)c1ccccc1-n1c(CCl)nc2ccccc2c1=O. The highest BCUT2D eigenvalue weighted by Crippen LogP contribution is 2.18. The van der Waals surface area contributed by atoms with E-state index in [-0.39, 0.29) is 18.0 Å². The molecule has 24 heavy (non-hydrogen) atoms. The number of fused-ring (bicyclic) bond motifs is 1. The first-order valence-electron chi connectivity index (χ1n) is 7.50. The minimum absolute atomic E-state index is 0.0389. The number of nitrogens with zero attached hydrogens (tertiary/aromatic N) is 2. The van der Waals surface area contributed by atoms with Gasteiger partial charge in [-0.2, -0.15) is 0 Å². The lowest BCUT2D eigenvalue weighted by atomic mass is 10.1. The number of carbonyl (C=O) groups excluding carboxylic acids is 1. The van der Waals surface area contributed by atoms with Crippen LogP contribution in [0.2, 0.25) is 0 Å². The maximum absolute atomic E-state index is 13.0. The summed E-state index contributed by atoms with van der Waals surface area (Å²) in [6.45, 7) is 1.98. The van der Waals surface area contributed by atoms with E-state index >= 15 is 0 Å². The Labute approximate surface area is 143 Å². The Balaban J connectivity index is 2.33. The summed E-state index contributed by atoms with van der Waals surface area (Å²) in [6, 6.07) is 13.8. The van der Waals surface area contributed by atoms with Crippen LogP contribution >= 0.6 is 11.6 Å². The van der Waals surface area contributed by atoms with Gasteiger partial charge in [0.15, 0.2) is 0 Å². The first-order chi connectivity index (χ1) is 11.7. The summed E-state index contributed by atoms with van der Waals surface area (Å²) in [6.07, 6.45) is 0. The summed E-state index contributed by atoms with van der Waals surface area (Å²) in [5.74, 6) is -0.0807. The van der Waals surface area contributed by atoms with Gasteiger partial charge in [-0.3, -0.25) is 9.36 Å². The van der Waals surface area contributed by atoms with Gasteiger partial charge in [-0.05, 0) is 31.2 Å². The molecule has 2 aromatic carbocycles. The van der Waals surface area contributed by atoms with E-state index in [4.69, 9.17) is 16.3 Å². The molecule has 1 aromatic heterocycles. The van der Waals surface area contributed by atoms with Crippen LogP contribution in [0.3, 0.4) is 0 Å². The molecule has 0 aliphatic carbocycles. The number of esters is 1. The monoisotopic (exact) mass is 342 g/mol. The molecular formula is C18H15ClN2O3. The van der Waals surface area contributed by atoms with Crippen molar-refractivity contribution in [2.45, 2.75) is 12.8 Å². The summed E-state index contributed by atoms with van der Waals surface area (Å²) in [5, 5.41) is 0.463. The molecule has 1 heterocycles. The molecule has 0 spiro atoms. The van der Waals surface area contributed by atoms with Crippen LogP contribution < -0.4 is 5.56 Å². The third-order valence-corrected chi connectivity index (χ3v) is 3.84. The zero-order chi connectivity index (χ0) is 17.1. The predicted molar refractivity (Wildman–Crippen MR) is 92.9 cm³/mol. The van der Waals surface area contributed by atoms with Crippen molar-refractivity contribution in [2.75, 3.05) is 6.61 Å². The molecule has 0 amide bonds. The van der Waals surface area contributed by atoms with Crippen molar-refractivity contribution in [3.05, 3.63) is 70.3 Å².